The summed E-state index contributed by atoms with van der Waals surface area (Å²) in [6.45, 7) is 6.13. The Morgan fingerprint density at radius 2 is 2.13 bits per heavy atom. The second kappa shape index (κ2) is 8.39. The van der Waals surface area contributed by atoms with Crippen molar-refractivity contribution < 1.29 is 9.59 Å². The van der Waals surface area contributed by atoms with Crippen molar-refractivity contribution in [3.63, 3.8) is 0 Å². The smallest absolute Gasteiger partial charge is 0.233 e. The Hall–Kier alpha value is -1.49. The van der Waals surface area contributed by atoms with Gasteiger partial charge in [-0.1, -0.05) is 25.5 Å². The number of fused-ring (bicyclic) bond motifs is 1. The number of thioether (sulfide) groups is 1. The van der Waals surface area contributed by atoms with Crippen LogP contribution in [0.15, 0.2) is 18.2 Å². The third kappa shape index (κ3) is 4.99. The van der Waals surface area contributed by atoms with Gasteiger partial charge in [-0.2, -0.15) is 0 Å². The van der Waals surface area contributed by atoms with Crippen molar-refractivity contribution in [1.29, 1.82) is 0 Å². The number of aryl methyl sites for hydroxylation is 1. The molecule has 1 aliphatic rings. The first-order valence-electron chi connectivity index (χ1n) is 8.36. The molecular weight excluding hydrogens is 308 g/mol. The largest absolute Gasteiger partial charge is 0.349 e. The van der Waals surface area contributed by atoms with Gasteiger partial charge in [0.05, 0.1) is 11.3 Å². The third-order valence-corrected chi connectivity index (χ3v) is 5.36. The number of amides is 2. The van der Waals surface area contributed by atoms with Crippen LogP contribution in [0.4, 0.5) is 5.69 Å². The Labute approximate surface area is 142 Å². The fraction of sp³-hybridized carbons (Fsp3) is 0.556. The van der Waals surface area contributed by atoms with Crippen LogP contribution < -0.4 is 10.6 Å². The standard InChI is InChI=1S/C18H26N2O2S/c1-4-5-10-23-13(3)18(22)19-12(2)14-6-8-16-15(11-14)7-9-17(21)20-16/h6,8,11-13H,4-5,7,9-10H2,1-3H3,(H,19,22)(H,20,21)/t12-,13+/m0/s1. The summed E-state index contributed by atoms with van der Waals surface area (Å²) in [7, 11) is 0. The number of hydrogen-bond acceptors (Lipinski definition) is 3. The summed E-state index contributed by atoms with van der Waals surface area (Å²) in [6.07, 6.45) is 3.60. The van der Waals surface area contributed by atoms with E-state index in [0.717, 1.165) is 41.8 Å². The van der Waals surface area contributed by atoms with E-state index in [9.17, 15) is 9.59 Å². The summed E-state index contributed by atoms with van der Waals surface area (Å²) in [6, 6.07) is 5.97. The molecule has 0 fully saturated rings. The van der Waals surface area contributed by atoms with Crippen molar-refractivity contribution in [2.75, 3.05) is 11.1 Å². The van der Waals surface area contributed by atoms with Crippen LogP contribution in [0.2, 0.25) is 0 Å². The van der Waals surface area contributed by atoms with Crippen molar-refractivity contribution in [1.82, 2.24) is 5.32 Å². The number of benzene rings is 1. The van der Waals surface area contributed by atoms with Crippen LogP contribution >= 0.6 is 11.8 Å². The van der Waals surface area contributed by atoms with Crippen LogP contribution in [0, 0.1) is 0 Å². The lowest BCUT2D eigenvalue weighted by Gasteiger charge is -2.21. The van der Waals surface area contributed by atoms with Gasteiger partial charge in [0.2, 0.25) is 11.8 Å². The zero-order valence-electron chi connectivity index (χ0n) is 14.1. The molecule has 0 spiro atoms. The molecule has 0 bridgehead atoms. The monoisotopic (exact) mass is 334 g/mol. The molecule has 0 unspecified atom stereocenters. The highest BCUT2D eigenvalue weighted by Gasteiger charge is 2.19. The summed E-state index contributed by atoms with van der Waals surface area (Å²) < 4.78 is 0. The molecule has 126 valence electrons. The molecule has 2 atom stereocenters. The summed E-state index contributed by atoms with van der Waals surface area (Å²) >= 11 is 1.71. The van der Waals surface area contributed by atoms with Gasteiger partial charge >= 0.3 is 0 Å². The molecular formula is C18H26N2O2S. The molecule has 1 aromatic rings. The number of carbonyl (C=O) groups is 2. The van der Waals surface area contributed by atoms with Gasteiger partial charge in [-0.05, 0) is 49.6 Å². The van der Waals surface area contributed by atoms with E-state index in [1.54, 1.807) is 11.8 Å². The van der Waals surface area contributed by atoms with E-state index >= 15 is 0 Å². The van der Waals surface area contributed by atoms with Crippen molar-refractivity contribution in [2.24, 2.45) is 0 Å². The molecule has 2 amide bonds. The number of carbonyl (C=O) groups excluding carboxylic acids is 2. The Morgan fingerprint density at radius 1 is 1.35 bits per heavy atom. The van der Waals surface area contributed by atoms with Gasteiger partial charge in [-0.25, -0.2) is 0 Å². The van der Waals surface area contributed by atoms with E-state index < -0.39 is 0 Å². The van der Waals surface area contributed by atoms with Gasteiger partial charge < -0.3 is 10.6 Å². The Balaban J connectivity index is 1.94. The number of anilines is 1. The zero-order valence-corrected chi connectivity index (χ0v) is 15.0. The van der Waals surface area contributed by atoms with Crippen molar-refractivity contribution in [3.8, 4) is 0 Å². The first-order valence-corrected chi connectivity index (χ1v) is 9.40. The lowest BCUT2D eigenvalue weighted by molar-refractivity contribution is -0.121. The van der Waals surface area contributed by atoms with Gasteiger partial charge in [-0.15, -0.1) is 11.8 Å². The van der Waals surface area contributed by atoms with E-state index in [1.807, 2.05) is 26.0 Å². The molecule has 1 heterocycles. The minimum atomic E-state index is -0.0281. The molecule has 0 radical (unpaired) electrons. The van der Waals surface area contributed by atoms with Crippen LogP contribution in [0.25, 0.3) is 0 Å². The van der Waals surface area contributed by atoms with Crippen LogP contribution in [0.3, 0.4) is 0 Å². The summed E-state index contributed by atoms with van der Waals surface area (Å²) in [5, 5.41) is 5.95. The lowest BCUT2D eigenvalue weighted by Crippen LogP contribution is -2.33. The number of rotatable bonds is 7. The molecule has 4 nitrogen and oxygen atoms in total. The van der Waals surface area contributed by atoms with E-state index in [4.69, 9.17) is 0 Å². The van der Waals surface area contributed by atoms with Gasteiger partial charge in [0.25, 0.3) is 0 Å². The normalized spacial score (nSPS) is 16.2. The van der Waals surface area contributed by atoms with Crippen molar-refractivity contribution >= 4 is 29.3 Å². The fourth-order valence-electron chi connectivity index (χ4n) is 2.57. The van der Waals surface area contributed by atoms with Gasteiger partial charge in [0.1, 0.15) is 0 Å². The van der Waals surface area contributed by atoms with Crippen molar-refractivity contribution in [2.45, 2.75) is 57.7 Å². The Morgan fingerprint density at radius 3 is 2.87 bits per heavy atom. The molecule has 2 rings (SSSR count). The Bertz CT molecular complexity index is 574. The second-order valence-corrected chi connectivity index (χ2v) is 7.51. The summed E-state index contributed by atoms with van der Waals surface area (Å²) in [5.74, 6) is 1.19. The quantitative estimate of drug-likeness (QED) is 0.748. The number of nitrogens with one attached hydrogen (secondary N) is 2. The summed E-state index contributed by atoms with van der Waals surface area (Å²) in [4.78, 5) is 23.7. The van der Waals surface area contributed by atoms with E-state index in [1.165, 1.54) is 0 Å². The molecule has 1 aliphatic heterocycles. The average Bonchev–Trinajstić information content (AvgIpc) is 2.54. The predicted molar refractivity (Wildman–Crippen MR) is 96.8 cm³/mol. The maximum atomic E-state index is 12.3. The first kappa shape index (κ1) is 17.9. The molecule has 1 aromatic carbocycles. The Kier molecular flexibility index (Phi) is 6.51. The average molecular weight is 334 g/mol. The number of hydrogen-bond donors (Lipinski definition) is 2. The zero-order chi connectivity index (χ0) is 16.8. The van der Waals surface area contributed by atoms with Crippen LogP contribution in [0.1, 0.15) is 57.2 Å². The highest BCUT2D eigenvalue weighted by atomic mass is 32.2. The second-order valence-electron chi connectivity index (χ2n) is 6.06. The maximum Gasteiger partial charge on any atom is 0.233 e. The van der Waals surface area contributed by atoms with Gasteiger partial charge in [-0.3, -0.25) is 9.59 Å². The lowest BCUT2D eigenvalue weighted by atomic mass is 9.98. The minimum Gasteiger partial charge on any atom is -0.349 e. The highest BCUT2D eigenvalue weighted by molar-refractivity contribution is 8.00. The van der Waals surface area contributed by atoms with Crippen LogP contribution in [-0.2, 0) is 16.0 Å². The molecule has 5 heteroatoms. The molecule has 0 saturated carbocycles. The van der Waals surface area contributed by atoms with Crippen molar-refractivity contribution in [3.05, 3.63) is 29.3 Å². The topological polar surface area (TPSA) is 58.2 Å². The molecule has 0 aliphatic carbocycles. The van der Waals surface area contributed by atoms with Gasteiger partial charge in [0, 0.05) is 12.1 Å². The third-order valence-electron chi connectivity index (χ3n) is 4.12. The molecule has 0 saturated heterocycles. The predicted octanol–water partition coefficient (Wildman–Crippen LogP) is 3.67. The SMILES string of the molecule is CCCCS[C@H](C)C(=O)N[C@@H](C)c1ccc2c(c1)CCC(=O)N2. The van der Waals surface area contributed by atoms with Crippen LogP contribution in [-0.4, -0.2) is 22.8 Å². The van der Waals surface area contributed by atoms with E-state index in [0.29, 0.717) is 6.42 Å². The van der Waals surface area contributed by atoms with Crippen LogP contribution in [0.5, 0.6) is 0 Å². The minimum absolute atomic E-state index is 0.0269. The number of unbranched alkanes of at least 4 members (excludes halogenated alkanes) is 1. The fourth-order valence-corrected chi connectivity index (χ4v) is 3.60. The maximum absolute atomic E-state index is 12.3. The van der Waals surface area contributed by atoms with E-state index in [2.05, 4.69) is 23.6 Å². The van der Waals surface area contributed by atoms with Gasteiger partial charge in [0.15, 0.2) is 0 Å². The van der Waals surface area contributed by atoms with E-state index in [-0.39, 0.29) is 23.1 Å². The molecule has 2 N–H and O–H groups in total. The highest BCUT2D eigenvalue weighted by Crippen LogP contribution is 2.26. The first-order chi connectivity index (χ1) is 11.0. The molecule has 23 heavy (non-hydrogen) atoms. The summed E-state index contributed by atoms with van der Waals surface area (Å²) in [5.41, 5.74) is 3.12. The molecule has 0 aromatic heterocycles.